The van der Waals surface area contributed by atoms with Gasteiger partial charge in [0, 0.05) is 0 Å². The maximum atomic E-state index is 9.67. The molecule has 0 atom stereocenters. The van der Waals surface area contributed by atoms with Crippen molar-refractivity contribution in [2.24, 2.45) is 9.98 Å². The van der Waals surface area contributed by atoms with Crippen LogP contribution in [0.25, 0.3) is 0 Å². The second-order valence-electron chi connectivity index (χ2n) is 6.57. The first-order valence-corrected chi connectivity index (χ1v) is 8.18. The SMILES string of the molecule is CC(=Nc1c(C)cc(C)cc1C)C(C)=Nc1c(C)cc(O)cc1C. The Morgan fingerprint density at radius 2 is 1.00 bits per heavy atom. The van der Waals surface area contributed by atoms with Crippen LogP contribution in [0.2, 0.25) is 0 Å². The largest absolute Gasteiger partial charge is 0.508 e. The van der Waals surface area contributed by atoms with Crippen LogP contribution >= 0.6 is 0 Å². The lowest BCUT2D eigenvalue weighted by Gasteiger charge is -2.10. The molecule has 0 amide bonds. The Morgan fingerprint density at radius 3 is 1.38 bits per heavy atom. The van der Waals surface area contributed by atoms with E-state index < -0.39 is 0 Å². The monoisotopic (exact) mass is 322 g/mol. The standard InChI is InChI=1S/C21H26N2O/c1-12-8-13(2)20(14(3)9-12)22-17(6)18(7)23-21-15(4)10-19(24)11-16(21)5/h8-11,24H,1-7H3. The van der Waals surface area contributed by atoms with E-state index in [1.165, 1.54) is 16.7 Å². The minimum absolute atomic E-state index is 0.276. The highest BCUT2D eigenvalue weighted by Crippen LogP contribution is 2.29. The molecule has 2 aromatic carbocycles. The van der Waals surface area contributed by atoms with Crippen molar-refractivity contribution in [3.8, 4) is 5.75 Å². The van der Waals surface area contributed by atoms with Crippen molar-refractivity contribution in [1.29, 1.82) is 0 Å². The molecule has 0 radical (unpaired) electrons. The number of phenolic OH excluding ortho intramolecular Hbond substituents is 1. The van der Waals surface area contributed by atoms with Crippen molar-refractivity contribution in [3.05, 3.63) is 52.1 Å². The molecule has 0 saturated carbocycles. The van der Waals surface area contributed by atoms with Crippen molar-refractivity contribution in [1.82, 2.24) is 0 Å². The molecule has 0 heterocycles. The Hall–Kier alpha value is -2.42. The van der Waals surface area contributed by atoms with E-state index in [9.17, 15) is 5.11 Å². The van der Waals surface area contributed by atoms with Gasteiger partial charge in [-0.3, -0.25) is 9.98 Å². The van der Waals surface area contributed by atoms with E-state index in [1.807, 2.05) is 27.7 Å². The molecule has 3 heteroatoms. The lowest BCUT2D eigenvalue weighted by Crippen LogP contribution is -2.05. The molecule has 0 unspecified atom stereocenters. The molecule has 0 aliphatic heterocycles. The van der Waals surface area contributed by atoms with Gasteiger partial charge in [0.25, 0.3) is 0 Å². The van der Waals surface area contributed by atoms with Gasteiger partial charge >= 0.3 is 0 Å². The number of aliphatic imine (C=N–C) groups is 2. The number of aryl methyl sites for hydroxylation is 5. The highest BCUT2D eigenvalue weighted by Gasteiger charge is 2.08. The van der Waals surface area contributed by atoms with Crippen molar-refractivity contribution in [2.45, 2.75) is 48.5 Å². The average molecular weight is 322 g/mol. The van der Waals surface area contributed by atoms with E-state index in [0.717, 1.165) is 33.9 Å². The molecule has 126 valence electrons. The summed E-state index contributed by atoms with van der Waals surface area (Å²) in [5.74, 6) is 0.276. The lowest BCUT2D eigenvalue weighted by molar-refractivity contribution is 0.474. The van der Waals surface area contributed by atoms with E-state index in [-0.39, 0.29) is 5.75 Å². The van der Waals surface area contributed by atoms with Crippen LogP contribution in [0.1, 0.15) is 41.7 Å². The highest BCUT2D eigenvalue weighted by atomic mass is 16.3. The smallest absolute Gasteiger partial charge is 0.116 e. The van der Waals surface area contributed by atoms with E-state index in [1.54, 1.807) is 12.1 Å². The maximum absolute atomic E-state index is 9.67. The summed E-state index contributed by atoms with van der Waals surface area (Å²) in [6.07, 6.45) is 0. The van der Waals surface area contributed by atoms with Crippen LogP contribution in [0.15, 0.2) is 34.3 Å². The number of nitrogens with zero attached hydrogens (tertiary/aromatic N) is 2. The Morgan fingerprint density at radius 1 is 0.667 bits per heavy atom. The molecule has 3 nitrogen and oxygen atoms in total. The zero-order valence-corrected chi connectivity index (χ0v) is 15.7. The van der Waals surface area contributed by atoms with Gasteiger partial charge in [-0.05, 0) is 82.9 Å². The Kier molecular flexibility index (Phi) is 5.23. The van der Waals surface area contributed by atoms with Crippen LogP contribution in [0.5, 0.6) is 5.75 Å². The fourth-order valence-corrected chi connectivity index (χ4v) is 2.96. The van der Waals surface area contributed by atoms with Gasteiger partial charge in [0.15, 0.2) is 0 Å². The molecule has 0 fully saturated rings. The van der Waals surface area contributed by atoms with Gasteiger partial charge in [-0.2, -0.15) is 0 Å². The molecule has 0 spiro atoms. The molecule has 24 heavy (non-hydrogen) atoms. The van der Waals surface area contributed by atoms with E-state index >= 15 is 0 Å². The quantitative estimate of drug-likeness (QED) is 0.711. The predicted octanol–water partition coefficient (Wildman–Crippen LogP) is 5.82. The normalized spacial score (nSPS) is 12.6. The van der Waals surface area contributed by atoms with Crippen LogP contribution in [0.3, 0.4) is 0 Å². The number of hydrogen-bond acceptors (Lipinski definition) is 3. The van der Waals surface area contributed by atoms with Crippen LogP contribution in [-0.2, 0) is 0 Å². The van der Waals surface area contributed by atoms with E-state index in [0.29, 0.717) is 0 Å². The minimum Gasteiger partial charge on any atom is -0.508 e. The van der Waals surface area contributed by atoms with Crippen molar-refractivity contribution < 1.29 is 5.11 Å². The summed E-state index contributed by atoms with van der Waals surface area (Å²) in [4.78, 5) is 9.56. The molecular formula is C21H26N2O. The highest BCUT2D eigenvalue weighted by molar-refractivity contribution is 6.41. The Labute approximate surface area is 144 Å². The number of hydrogen-bond donors (Lipinski definition) is 1. The minimum atomic E-state index is 0.276. The van der Waals surface area contributed by atoms with Crippen molar-refractivity contribution in [3.63, 3.8) is 0 Å². The third-order valence-electron chi connectivity index (χ3n) is 4.19. The fourth-order valence-electron chi connectivity index (χ4n) is 2.96. The molecular weight excluding hydrogens is 296 g/mol. The second kappa shape index (κ2) is 7.00. The average Bonchev–Trinajstić information content (AvgIpc) is 2.46. The first kappa shape index (κ1) is 17.9. The third-order valence-corrected chi connectivity index (χ3v) is 4.19. The van der Waals surface area contributed by atoms with E-state index in [4.69, 9.17) is 9.98 Å². The summed E-state index contributed by atoms with van der Waals surface area (Å²) in [5, 5.41) is 9.67. The zero-order valence-electron chi connectivity index (χ0n) is 15.7. The van der Waals surface area contributed by atoms with E-state index in [2.05, 4.69) is 32.9 Å². The molecule has 0 aromatic heterocycles. The molecule has 0 aliphatic carbocycles. The molecule has 0 bridgehead atoms. The summed E-state index contributed by atoms with van der Waals surface area (Å²) in [6, 6.07) is 7.78. The van der Waals surface area contributed by atoms with Crippen molar-refractivity contribution in [2.75, 3.05) is 0 Å². The maximum Gasteiger partial charge on any atom is 0.116 e. The number of rotatable bonds is 3. The topological polar surface area (TPSA) is 45.0 Å². The first-order valence-electron chi connectivity index (χ1n) is 8.18. The number of benzene rings is 2. The first-order chi connectivity index (χ1) is 11.2. The van der Waals surface area contributed by atoms with Crippen LogP contribution in [-0.4, -0.2) is 16.5 Å². The van der Waals surface area contributed by atoms with Crippen molar-refractivity contribution >= 4 is 22.8 Å². The molecule has 2 aromatic rings. The van der Waals surface area contributed by atoms with Gasteiger partial charge in [0.1, 0.15) is 5.75 Å². The summed E-state index contributed by atoms with van der Waals surface area (Å²) >= 11 is 0. The Balaban J connectivity index is 2.45. The van der Waals surface area contributed by atoms with Gasteiger partial charge in [-0.1, -0.05) is 17.7 Å². The van der Waals surface area contributed by atoms with Crippen LogP contribution in [0.4, 0.5) is 11.4 Å². The van der Waals surface area contributed by atoms with Gasteiger partial charge in [0.2, 0.25) is 0 Å². The fraction of sp³-hybridized carbons (Fsp3) is 0.333. The van der Waals surface area contributed by atoms with Gasteiger partial charge in [-0.15, -0.1) is 0 Å². The summed E-state index contributed by atoms with van der Waals surface area (Å²) < 4.78 is 0. The lowest BCUT2D eigenvalue weighted by atomic mass is 10.1. The summed E-state index contributed by atoms with van der Waals surface area (Å²) in [5.41, 5.74) is 9.23. The summed E-state index contributed by atoms with van der Waals surface area (Å²) in [7, 11) is 0. The van der Waals surface area contributed by atoms with Crippen LogP contribution < -0.4 is 0 Å². The molecule has 0 aliphatic rings. The molecule has 0 saturated heterocycles. The van der Waals surface area contributed by atoms with Gasteiger partial charge < -0.3 is 5.11 Å². The molecule has 1 N–H and O–H groups in total. The van der Waals surface area contributed by atoms with Gasteiger partial charge in [0.05, 0.1) is 22.8 Å². The van der Waals surface area contributed by atoms with Crippen LogP contribution in [0, 0.1) is 34.6 Å². The second-order valence-corrected chi connectivity index (χ2v) is 6.57. The third kappa shape index (κ3) is 3.91. The number of phenols is 1. The number of aromatic hydroxyl groups is 1. The summed E-state index contributed by atoms with van der Waals surface area (Å²) in [6.45, 7) is 14.2. The molecule has 2 rings (SSSR count). The predicted molar refractivity (Wildman–Crippen MR) is 104 cm³/mol. The van der Waals surface area contributed by atoms with Gasteiger partial charge in [-0.25, -0.2) is 0 Å². The zero-order chi connectivity index (χ0) is 18.0. The Bertz CT molecular complexity index is 727.